The number of hydrogen-bond acceptors (Lipinski definition) is 15. The van der Waals surface area contributed by atoms with Gasteiger partial charge >= 0.3 is 6.18 Å². The number of hydrogen-bond donors (Lipinski definition) is 4. The van der Waals surface area contributed by atoms with Crippen LogP contribution in [-0.2, 0) is 14.8 Å². The van der Waals surface area contributed by atoms with Crippen molar-refractivity contribution in [3.05, 3.63) is 59.7 Å². The van der Waals surface area contributed by atoms with E-state index in [1.165, 1.54) is 60.6 Å². The van der Waals surface area contributed by atoms with Crippen molar-refractivity contribution in [3.63, 3.8) is 0 Å². The smallest absolute Gasteiger partial charge is 0.409 e. The fourth-order valence-electron chi connectivity index (χ4n) is 4.79. The number of benzene rings is 1. The number of rotatable bonds is 11. The van der Waals surface area contributed by atoms with E-state index in [-0.39, 0.29) is 55.1 Å². The Morgan fingerprint density at radius 1 is 0.980 bits per heavy atom. The first-order chi connectivity index (χ1) is 24.0. The third-order valence-corrected chi connectivity index (χ3v) is 10.1. The number of methoxy groups -OCH3 is 3. The number of thiazole rings is 1. The molecular formula is C30H30F3N9O7S2. The van der Waals surface area contributed by atoms with E-state index in [0.29, 0.717) is 28.5 Å². The van der Waals surface area contributed by atoms with Gasteiger partial charge in [-0.3, -0.25) is 14.6 Å². The van der Waals surface area contributed by atoms with Crippen molar-refractivity contribution in [2.24, 2.45) is 0 Å². The summed E-state index contributed by atoms with van der Waals surface area (Å²) < 4.78 is 85.3. The summed E-state index contributed by atoms with van der Waals surface area (Å²) in [7, 11) is -0.375. The maximum absolute atomic E-state index is 13.8. The predicted molar refractivity (Wildman–Crippen MR) is 180 cm³/mol. The Kier molecular flexibility index (Phi) is 10.3. The van der Waals surface area contributed by atoms with E-state index in [1.54, 1.807) is 18.2 Å². The van der Waals surface area contributed by atoms with Crippen LogP contribution < -0.4 is 40.0 Å². The predicted octanol–water partition coefficient (Wildman–Crippen LogP) is 4.31. The average molecular weight is 750 g/mol. The number of nitrogens with one attached hydrogen (secondary N) is 4. The van der Waals surface area contributed by atoms with Crippen LogP contribution >= 0.6 is 11.3 Å². The van der Waals surface area contributed by atoms with E-state index in [2.05, 4.69) is 36.0 Å². The number of hydrazine groups is 1. The number of ether oxygens (including phenoxy) is 3. The van der Waals surface area contributed by atoms with Gasteiger partial charge in [0.25, 0.3) is 15.9 Å². The Labute approximate surface area is 293 Å². The van der Waals surface area contributed by atoms with Gasteiger partial charge in [0, 0.05) is 60.0 Å². The van der Waals surface area contributed by atoms with Gasteiger partial charge in [0.15, 0.2) is 15.2 Å². The van der Waals surface area contributed by atoms with Crippen LogP contribution in [0.25, 0.3) is 11.1 Å². The lowest BCUT2D eigenvalue weighted by Gasteiger charge is -2.25. The molecule has 0 bridgehead atoms. The molecule has 270 valence electrons. The molecule has 0 saturated carbocycles. The van der Waals surface area contributed by atoms with E-state index < -0.39 is 34.1 Å². The van der Waals surface area contributed by atoms with Crippen molar-refractivity contribution in [2.45, 2.75) is 37.2 Å². The summed E-state index contributed by atoms with van der Waals surface area (Å²) in [4.78, 5) is 41.9. The Bertz CT molecular complexity index is 2120. The molecule has 2 amide bonds. The number of amides is 2. The number of sulfonamides is 1. The molecule has 0 aliphatic carbocycles. The lowest BCUT2D eigenvalue weighted by atomic mass is 10.1. The molecule has 51 heavy (non-hydrogen) atoms. The monoisotopic (exact) mass is 749 g/mol. The first-order valence-electron chi connectivity index (χ1n) is 14.6. The molecule has 5 rings (SSSR count). The molecule has 0 radical (unpaired) electrons. The standard InChI is InChI=1S/C30H30F3N9O7S2/c1-14-7-23(30(31,32)33)40-42(14)24-22(13-35-28(39-24)38-18-9-19(47-4)11-20(10-18)48-5)17-8-21(26(49-6)34-12-17)25(44)41-51(45,46)27-15(2)36-29(50-27)37-16(3)43/h7-13,23,40H,1-6H3,(H,41,44)(H,35,38,39)(H,36,37,43). The third-order valence-electron chi connectivity index (χ3n) is 7.08. The Morgan fingerprint density at radius 2 is 1.67 bits per heavy atom. The van der Waals surface area contributed by atoms with Crippen LogP contribution in [0.2, 0.25) is 0 Å². The molecular weight excluding hydrogens is 720 g/mol. The molecule has 1 atom stereocenters. The summed E-state index contributed by atoms with van der Waals surface area (Å²) in [5, 5.41) is 6.50. The molecule has 3 aromatic heterocycles. The first-order valence-corrected chi connectivity index (χ1v) is 16.9. The van der Waals surface area contributed by atoms with Crippen molar-refractivity contribution in [1.82, 2.24) is 30.1 Å². The second-order valence-corrected chi connectivity index (χ2v) is 13.6. The highest BCUT2D eigenvalue weighted by molar-refractivity contribution is 7.92. The van der Waals surface area contributed by atoms with Crippen molar-refractivity contribution < 1.29 is 45.4 Å². The minimum absolute atomic E-state index is 0.0118. The fourth-order valence-corrected chi connectivity index (χ4v) is 7.22. The molecule has 4 aromatic rings. The number of halogens is 3. The number of pyridine rings is 1. The molecule has 1 aliphatic heterocycles. The van der Waals surface area contributed by atoms with E-state index in [9.17, 15) is 31.2 Å². The van der Waals surface area contributed by atoms with Crippen LogP contribution in [0.3, 0.4) is 0 Å². The summed E-state index contributed by atoms with van der Waals surface area (Å²) in [6.07, 6.45) is -1.11. The SMILES string of the molecule is COc1cc(Nc2ncc(-c3cnc(OC)c(C(=O)NS(=O)(=O)c4sc(NC(C)=O)nc4C)c3)c(N3NC(C(F)(F)F)C=C3C)n2)cc(OC)c1. The zero-order chi connectivity index (χ0) is 37.2. The molecule has 1 aliphatic rings. The summed E-state index contributed by atoms with van der Waals surface area (Å²) in [6.45, 7) is 4.06. The topological polar surface area (TPSA) is 199 Å². The number of nitrogens with zero attached hydrogens (tertiary/aromatic N) is 5. The molecule has 16 nitrogen and oxygen atoms in total. The second kappa shape index (κ2) is 14.4. The van der Waals surface area contributed by atoms with Crippen LogP contribution in [0, 0.1) is 6.92 Å². The third kappa shape index (κ3) is 8.10. The second-order valence-electron chi connectivity index (χ2n) is 10.7. The van der Waals surface area contributed by atoms with Crippen molar-refractivity contribution in [1.29, 1.82) is 0 Å². The Morgan fingerprint density at radius 3 is 2.25 bits per heavy atom. The van der Waals surface area contributed by atoms with Gasteiger partial charge in [0.1, 0.15) is 23.1 Å². The summed E-state index contributed by atoms with van der Waals surface area (Å²) in [5.41, 5.74) is 2.89. The largest absolute Gasteiger partial charge is 0.497 e. The number of carbonyl (C=O) groups is 2. The van der Waals surface area contributed by atoms with Crippen molar-refractivity contribution in [2.75, 3.05) is 37.0 Å². The lowest BCUT2D eigenvalue weighted by molar-refractivity contribution is -0.142. The zero-order valence-corrected chi connectivity index (χ0v) is 29.3. The van der Waals surface area contributed by atoms with E-state index in [1.807, 2.05) is 4.72 Å². The van der Waals surface area contributed by atoms with E-state index in [0.717, 1.165) is 11.1 Å². The van der Waals surface area contributed by atoms with Crippen LogP contribution in [-0.4, -0.2) is 73.7 Å². The van der Waals surface area contributed by atoms with E-state index >= 15 is 0 Å². The first kappa shape index (κ1) is 36.7. The zero-order valence-electron chi connectivity index (χ0n) is 27.7. The molecule has 1 aromatic carbocycles. The number of carbonyl (C=O) groups excluding carboxylic acids is 2. The maximum atomic E-state index is 13.8. The summed E-state index contributed by atoms with van der Waals surface area (Å²) in [5.74, 6) is -1.09. The number of aryl methyl sites for hydroxylation is 1. The number of alkyl halides is 3. The van der Waals surface area contributed by atoms with Gasteiger partial charge in [-0.2, -0.15) is 18.2 Å². The average Bonchev–Trinajstić information content (AvgIpc) is 3.65. The van der Waals surface area contributed by atoms with Gasteiger partial charge in [-0.1, -0.05) is 11.3 Å². The van der Waals surface area contributed by atoms with Crippen LogP contribution in [0.5, 0.6) is 17.4 Å². The lowest BCUT2D eigenvalue weighted by Crippen LogP contribution is -2.45. The highest BCUT2D eigenvalue weighted by Gasteiger charge is 2.43. The summed E-state index contributed by atoms with van der Waals surface area (Å²) in [6, 6.07) is 4.08. The highest BCUT2D eigenvalue weighted by Crippen LogP contribution is 2.37. The molecule has 4 heterocycles. The summed E-state index contributed by atoms with van der Waals surface area (Å²) >= 11 is 0.639. The number of allylic oxidation sites excluding steroid dienone is 1. The van der Waals surface area contributed by atoms with Gasteiger partial charge in [-0.25, -0.2) is 33.5 Å². The normalized spacial score (nSPS) is 14.5. The maximum Gasteiger partial charge on any atom is 0.409 e. The molecule has 0 spiro atoms. The highest BCUT2D eigenvalue weighted by atomic mass is 32.2. The van der Waals surface area contributed by atoms with Gasteiger partial charge < -0.3 is 24.8 Å². The van der Waals surface area contributed by atoms with Crippen molar-refractivity contribution in [3.8, 4) is 28.5 Å². The fraction of sp³-hybridized carbons (Fsp3) is 0.267. The minimum atomic E-state index is -4.64. The molecule has 1 unspecified atom stereocenters. The molecule has 0 saturated heterocycles. The van der Waals surface area contributed by atoms with Crippen molar-refractivity contribution >= 4 is 55.8 Å². The van der Waals surface area contributed by atoms with Gasteiger partial charge in [-0.15, -0.1) is 0 Å². The van der Waals surface area contributed by atoms with Crippen LogP contribution in [0.4, 0.5) is 35.8 Å². The molecule has 4 N–H and O–H groups in total. The molecule has 0 fully saturated rings. The minimum Gasteiger partial charge on any atom is -0.497 e. The van der Waals surface area contributed by atoms with Crippen LogP contribution in [0.15, 0.2) is 52.6 Å². The van der Waals surface area contributed by atoms with E-state index in [4.69, 9.17) is 14.2 Å². The van der Waals surface area contributed by atoms with Crippen LogP contribution in [0.1, 0.15) is 29.9 Å². The van der Waals surface area contributed by atoms with Gasteiger partial charge in [0.2, 0.25) is 17.7 Å². The quantitative estimate of drug-likeness (QED) is 0.169. The molecule has 21 heteroatoms. The Hall–Kier alpha value is -5.54. The Balaban J connectivity index is 1.56. The number of anilines is 4. The van der Waals surface area contributed by atoms with Gasteiger partial charge in [-0.05, 0) is 26.0 Å². The number of aromatic nitrogens is 4. The van der Waals surface area contributed by atoms with Gasteiger partial charge in [0.05, 0.1) is 27.0 Å².